The van der Waals surface area contributed by atoms with Gasteiger partial charge in [0.05, 0.1) is 11.9 Å². The summed E-state index contributed by atoms with van der Waals surface area (Å²) in [4.78, 5) is 29.3. The van der Waals surface area contributed by atoms with Gasteiger partial charge >= 0.3 is 0 Å². The van der Waals surface area contributed by atoms with E-state index in [2.05, 4.69) is 26.1 Å². The molecule has 0 bridgehead atoms. The van der Waals surface area contributed by atoms with Crippen molar-refractivity contribution in [2.75, 3.05) is 23.7 Å². The third kappa shape index (κ3) is 9.60. The van der Waals surface area contributed by atoms with Crippen LogP contribution in [0.15, 0.2) is 78.9 Å². The number of anilines is 1. The number of amides is 2. The van der Waals surface area contributed by atoms with E-state index in [1.165, 1.54) is 4.90 Å². The van der Waals surface area contributed by atoms with Crippen LogP contribution in [0.5, 0.6) is 0 Å². The molecule has 3 aromatic carbocycles. The highest BCUT2D eigenvalue weighted by atomic mass is 35.5. The highest BCUT2D eigenvalue weighted by molar-refractivity contribution is 7.92. The lowest BCUT2D eigenvalue weighted by atomic mass is 9.87. The second-order valence-electron chi connectivity index (χ2n) is 11.6. The summed E-state index contributed by atoms with van der Waals surface area (Å²) in [6.45, 7) is 8.37. The lowest BCUT2D eigenvalue weighted by Crippen LogP contribution is -2.53. The number of sulfonamides is 1. The lowest BCUT2D eigenvalue weighted by Gasteiger charge is -2.33. The Morgan fingerprint density at radius 3 is 2.14 bits per heavy atom. The maximum absolute atomic E-state index is 14.2. The molecule has 0 aliphatic rings. The number of benzene rings is 3. The average molecular weight is 612 g/mol. The quantitative estimate of drug-likeness (QED) is 0.242. The Bertz CT molecular complexity index is 1440. The minimum atomic E-state index is -3.83. The summed E-state index contributed by atoms with van der Waals surface area (Å²) >= 11 is 6.26. The summed E-state index contributed by atoms with van der Waals surface area (Å²) in [5, 5.41) is 3.48. The van der Waals surface area contributed by atoms with E-state index in [1.807, 2.05) is 55.5 Å². The summed E-state index contributed by atoms with van der Waals surface area (Å²) in [6, 6.07) is 22.9. The van der Waals surface area contributed by atoms with E-state index < -0.39 is 28.5 Å². The summed E-state index contributed by atoms with van der Waals surface area (Å²) in [5.74, 6) is -0.782. The first-order chi connectivity index (χ1) is 19.8. The number of hydrogen-bond donors (Lipinski definition) is 1. The lowest BCUT2D eigenvalue weighted by molar-refractivity contribution is -0.140. The third-order valence-corrected chi connectivity index (χ3v) is 8.42. The van der Waals surface area contributed by atoms with Crippen LogP contribution < -0.4 is 9.62 Å². The molecule has 3 rings (SSSR count). The third-order valence-electron chi connectivity index (χ3n) is 7.04. The molecule has 0 spiro atoms. The van der Waals surface area contributed by atoms with Crippen LogP contribution in [0, 0.1) is 0 Å². The molecule has 1 N–H and O–H groups in total. The van der Waals surface area contributed by atoms with Crippen LogP contribution in [0.25, 0.3) is 0 Å². The fraction of sp³-hybridized carbons (Fsp3) is 0.394. The molecule has 3 aromatic rings. The van der Waals surface area contributed by atoms with E-state index in [0.717, 1.165) is 40.1 Å². The second kappa shape index (κ2) is 14.7. The second-order valence-corrected chi connectivity index (χ2v) is 13.9. The molecule has 0 saturated carbocycles. The largest absolute Gasteiger partial charge is 0.354 e. The Morgan fingerprint density at radius 2 is 1.57 bits per heavy atom. The Balaban J connectivity index is 2.03. The minimum Gasteiger partial charge on any atom is -0.354 e. The molecule has 0 fully saturated rings. The molecule has 0 unspecified atom stereocenters. The van der Waals surface area contributed by atoms with Gasteiger partial charge in [0.25, 0.3) is 0 Å². The van der Waals surface area contributed by atoms with Gasteiger partial charge in [-0.05, 0) is 52.8 Å². The zero-order chi connectivity index (χ0) is 30.9. The van der Waals surface area contributed by atoms with E-state index in [9.17, 15) is 18.0 Å². The molecule has 0 aliphatic carbocycles. The average Bonchev–Trinajstić information content (AvgIpc) is 2.93. The van der Waals surface area contributed by atoms with E-state index in [1.54, 1.807) is 30.3 Å². The van der Waals surface area contributed by atoms with Crippen molar-refractivity contribution >= 4 is 39.1 Å². The molecule has 0 saturated heterocycles. The van der Waals surface area contributed by atoms with Crippen molar-refractivity contribution in [1.82, 2.24) is 10.2 Å². The normalized spacial score (nSPS) is 12.4. The van der Waals surface area contributed by atoms with E-state index in [0.29, 0.717) is 17.3 Å². The molecule has 226 valence electrons. The summed E-state index contributed by atoms with van der Waals surface area (Å²) in [5.41, 5.74) is 2.92. The number of carbonyl (C=O) groups is 2. The number of unbranched alkanes of at least 4 members (excludes halogenated alkanes) is 1. The first-order valence-electron chi connectivity index (χ1n) is 14.2. The monoisotopic (exact) mass is 611 g/mol. The highest BCUT2D eigenvalue weighted by Crippen LogP contribution is 2.26. The van der Waals surface area contributed by atoms with Crippen LogP contribution in [-0.2, 0) is 38.0 Å². The van der Waals surface area contributed by atoms with Crippen molar-refractivity contribution in [2.24, 2.45) is 0 Å². The fourth-order valence-corrected chi connectivity index (χ4v) is 5.70. The number of hydrogen-bond acceptors (Lipinski definition) is 4. The topological polar surface area (TPSA) is 86.8 Å². The molecule has 2 amide bonds. The summed E-state index contributed by atoms with van der Waals surface area (Å²) in [7, 11) is -3.83. The van der Waals surface area contributed by atoms with Gasteiger partial charge in [0.2, 0.25) is 21.8 Å². The first-order valence-corrected chi connectivity index (χ1v) is 16.5. The Kier molecular flexibility index (Phi) is 11.6. The van der Waals surface area contributed by atoms with Crippen LogP contribution in [0.2, 0.25) is 5.02 Å². The summed E-state index contributed by atoms with van der Waals surface area (Å²) < 4.78 is 27.1. The molecule has 7 nitrogen and oxygen atoms in total. The van der Waals surface area contributed by atoms with Crippen LogP contribution in [0.1, 0.15) is 57.2 Å². The van der Waals surface area contributed by atoms with Gasteiger partial charge in [0.1, 0.15) is 12.6 Å². The van der Waals surface area contributed by atoms with Gasteiger partial charge in [0, 0.05) is 24.5 Å². The van der Waals surface area contributed by atoms with Crippen molar-refractivity contribution in [2.45, 2.75) is 65.0 Å². The van der Waals surface area contributed by atoms with Gasteiger partial charge in [-0.15, -0.1) is 0 Å². The van der Waals surface area contributed by atoms with Crippen molar-refractivity contribution in [3.05, 3.63) is 101 Å². The van der Waals surface area contributed by atoms with Crippen LogP contribution in [0.4, 0.5) is 5.69 Å². The van der Waals surface area contributed by atoms with Crippen molar-refractivity contribution < 1.29 is 18.0 Å². The smallest absolute Gasteiger partial charge is 0.244 e. The van der Waals surface area contributed by atoms with E-state index in [-0.39, 0.29) is 24.3 Å². The number of rotatable bonds is 13. The fourth-order valence-electron chi connectivity index (χ4n) is 4.63. The number of carbonyl (C=O) groups excluding carboxylic acids is 2. The zero-order valence-corrected chi connectivity index (χ0v) is 26.7. The molecular weight excluding hydrogens is 570 g/mol. The van der Waals surface area contributed by atoms with Gasteiger partial charge in [-0.2, -0.15) is 0 Å². The molecule has 0 aliphatic heterocycles. The zero-order valence-electron chi connectivity index (χ0n) is 25.1. The Morgan fingerprint density at radius 1 is 0.929 bits per heavy atom. The van der Waals surface area contributed by atoms with Gasteiger partial charge < -0.3 is 10.2 Å². The summed E-state index contributed by atoms with van der Waals surface area (Å²) in [6.07, 6.45) is 3.06. The molecule has 1 atom stereocenters. The van der Waals surface area contributed by atoms with Crippen LogP contribution >= 0.6 is 11.6 Å². The number of halogens is 1. The maximum atomic E-state index is 14.2. The van der Waals surface area contributed by atoms with Gasteiger partial charge in [-0.3, -0.25) is 13.9 Å². The predicted molar refractivity (Wildman–Crippen MR) is 171 cm³/mol. The molecular formula is C33H42ClN3O4S. The molecule has 0 radical (unpaired) electrons. The van der Waals surface area contributed by atoms with Crippen LogP contribution in [0.3, 0.4) is 0 Å². The molecule has 0 heterocycles. The Labute approximate surface area is 255 Å². The molecule has 0 aromatic heterocycles. The number of nitrogens with one attached hydrogen (secondary N) is 1. The van der Waals surface area contributed by atoms with Gasteiger partial charge in [0.15, 0.2) is 0 Å². The van der Waals surface area contributed by atoms with Crippen molar-refractivity contribution in [3.63, 3.8) is 0 Å². The number of nitrogens with zero attached hydrogens (tertiary/aromatic N) is 2. The molecule has 42 heavy (non-hydrogen) atoms. The van der Waals surface area contributed by atoms with Gasteiger partial charge in [-0.25, -0.2) is 8.42 Å². The highest BCUT2D eigenvalue weighted by Gasteiger charge is 2.33. The Hall–Kier alpha value is -3.36. The van der Waals surface area contributed by atoms with E-state index >= 15 is 0 Å². The minimum absolute atomic E-state index is 0.0820. The van der Waals surface area contributed by atoms with Crippen LogP contribution in [-0.4, -0.2) is 50.5 Å². The predicted octanol–water partition coefficient (Wildman–Crippen LogP) is 5.96. The maximum Gasteiger partial charge on any atom is 0.244 e. The first kappa shape index (κ1) is 33.1. The van der Waals surface area contributed by atoms with Crippen molar-refractivity contribution in [1.29, 1.82) is 0 Å². The van der Waals surface area contributed by atoms with Gasteiger partial charge in [-0.1, -0.05) is 100 Å². The van der Waals surface area contributed by atoms with E-state index in [4.69, 9.17) is 11.6 Å². The SMILES string of the molecule is CCCCNC(=O)[C@H](Cc1ccccc1)N(Cc1cccc(Cl)c1)C(=O)CN(c1ccc(C(C)(C)C)cc1)S(C)(=O)=O. The molecule has 9 heteroatoms. The standard InChI is InChI=1S/C33H42ClN3O4S/c1-6-7-20-35-32(39)30(22-25-12-9-8-10-13-25)36(23-26-14-11-15-28(34)21-26)31(38)24-37(42(5,40)41)29-18-16-27(17-19-29)33(2,3)4/h8-19,21,30H,6-7,20,22-24H2,1-5H3,(H,35,39)/t30-/m0/s1. The van der Waals surface area contributed by atoms with Crippen molar-refractivity contribution in [3.8, 4) is 0 Å².